The molecular formula is C14H19N3. The minimum absolute atomic E-state index is 0.111. The first-order valence-corrected chi connectivity index (χ1v) is 5.98. The zero-order valence-corrected chi connectivity index (χ0v) is 10.4. The Hall–Kier alpha value is -1.61. The molecule has 0 fully saturated rings. The van der Waals surface area contributed by atoms with Crippen molar-refractivity contribution in [3.63, 3.8) is 0 Å². The van der Waals surface area contributed by atoms with E-state index in [1.54, 1.807) is 0 Å². The maximum atomic E-state index is 6.12. The molecule has 1 atom stereocenters. The minimum atomic E-state index is 0.111. The first-order chi connectivity index (χ1) is 8.16. The molecule has 0 saturated carbocycles. The fourth-order valence-electron chi connectivity index (χ4n) is 1.82. The summed E-state index contributed by atoms with van der Waals surface area (Å²) in [5.74, 6) is 0.459. The molecule has 0 saturated heterocycles. The molecule has 2 rings (SSSR count). The number of rotatable bonds is 4. The van der Waals surface area contributed by atoms with Crippen LogP contribution in [0.4, 0.5) is 0 Å². The second-order valence-corrected chi connectivity index (χ2v) is 4.71. The van der Waals surface area contributed by atoms with Gasteiger partial charge >= 0.3 is 0 Å². The van der Waals surface area contributed by atoms with Gasteiger partial charge in [0, 0.05) is 24.6 Å². The van der Waals surface area contributed by atoms with Gasteiger partial charge in [-0.1, -0.05) is 19.9 Å². The van der Waals surface area contributed by atoms with E-state index in [1.807, 2.05) is 24.4 Å². The van der Waals surface area contributed by atoms with Gasteiger partial charge in [-0.2, -0.15) is 0 Å². The molecule has 0 aliphatic rings. The van der Waals surface area contributed by atoms with Crippen LogP contribution in [0.1, 0.15) is 31.1 Å². The normalized spacial score (nSPS) is 12.9. The fraction of sp³-hybridized carbons (Fsp3) is 0.357. The summed E-state index contributed by atoms with van der Waals surface area (Å²) in [6.07, 6.45) is 5.99. The van der Waals surface area contributed by atoms with E-state index in [9.17, 15) is 0 Å². The Balaban J connectivity index is 2.09. The van der Waals surface area contributed by atoms with E-state index in [0.29, 0.717) is 5.92 Å². The summed E-state index contributed by atoms with van der Waals surface area (Å²) in [7, 11) is 0. The van der Waals surface area contributed by atoms with Gasteiger partial charge in [-0.25, -0.2) is 0 Å². The van der Waals surface area contributed by atoms with Gasteiger partial charge in [0.25, 0.3) is 0 Å². The first-order valence-electron chi connectivity index (χ1n) is 5.98. The highest BCUT2D eigenvalue weighted by Crippen LogP contribution is 2.19. The second kappa shape index (κ2) is 5.15. The maximum absolute atomic E-state index is 6.12. The Morgan fingerprint density at radius 2 is 2.12 bits per heavy atom. The van der Waals surface area contributed by atoms with Crippen molar-refractivity contribution in [1.29, 1.82) is 0 Å². The van der Waals surface area contributed by atoms with E-state index >= 15 is 0 Å². The highest BCUT2D eigenvalue weighted by atomic mass is 15.0. The molecule has 1 unspecified atom stereocenters. The summed E-state index contributed by atoms with van der Waals surface area (Å²) in [6.45, 7) is 5.08. The molecule has 90 valence electrons. The molecule has 2 heterocycles. The van der Waals surface area contributed by atoms with Gasteiger partial charge in [-0.15, -0.1) is 0 Å². The van der Waals surface area contributed by atoms with Crippen LogP contribution in [-0.2, 0) is 6.54 Å². The molecule has 0 radical (unpaired) electrons. The average Bonchev–Trinajstić information content (AvgIpc) is 2.77. The van der Waals surface area contributed by atoms with E-state index in [-0.39, 0.29) is 6.04 Å². The Kier molecular flexibility index (Phi) is 3.59. The highest BCUT2D eigenvalue weighted by Gasteiger charge is 2.11. The SMILES string of the molecule is CC(C)C(N)c1ccn(Cc2ccccn2)c1. The molecule has 0 aliphatic heterocycles. The van der Waals surface area contributed by atoms with E-state index in [0.717, 1.165) is 12.2 Å². The minimum Gasteiger partial charge on any atom is -0.348 e. The highest BCUT2D eigenvalue weighted by molar-refractivity contribution is 5.17. The topological polar surface area (TPSA) is 43.8 Å². The van der Waals surface area contributed by atoms with Gasteiger partial charge in [-0.05, 0) is 29.7 Å². The van der Waals surface area contributed by atoms with Crippen molar-refractivity contribution in [3.05, 3.63) is 54.1 Å². The predicted molar refractivity (Wildman–Crippen MR) is 69.5 cm³/mol. The van der Waals surface area contributed by atoms with Crippen molar-refractivity contribution in [1.82, 2.24) is 9.55 Å². The lowest BCUT2D eigenvalue weighted by atomic mass is 10.00. The molecule has 0 aliphatic carbocycles. The molecule has 2 aromatic rings. The van der Waals surface area contributed by atoms with Crippen molar-refractivity contribution in [3.8, 4) is 0 Å². The molecule has 0 spiro atoms. The molecule has 0 bridgehead atoms. The number of hydrogen-bond donors (Lipinski definition) is 1. The maximum Gasteiger partial charge on any atom is 0.0642 e. The standard InChI is InChI=1S/C14H19N3/c1-11(2)14(15)12-6-8-17(9-12)10-13-5-3-4-7-16-13/h3-9,11,14H,10,15H2,1-2H3. The Morgan fingerprint density at radius 1 is 1.29 bits per heavy atom. The van der Waals surface area contributed by atoms with E-state index in [1.165, 1.54) is 5.56 Å². The number of pyridine rings is 1. The molecule has 3 heteroatoms. The summed E-state index contributed by atoms with van der Waals surface area (Å²) in [5.41, 5.74) is 8.37. The summed E-state index contributed by atoms with van der Waals surface area (Å²) in [4.78, 5) is 4.31. The fourth-order valence-corrected chi connectivity index (χ4v) is 1.82. The Bertz CT molecular complexity index is 459. The Labute approximate surface area is 102 Å². The lowest BCUT2D eigenvalue weighted by Gasteiger charge is -2.13. The van der Waals surface area contributed by atoms with Crippen LogP contribution in [0, 0.1) is 5.92 Å². The lowest BCUT2D eigenvalue weighted by Crippen LogP contribution is -2.15. The molecule has 0 amide bonds. The van der Waals surface area contributed by atoms with Crippen molar-refractivity contribution < 1.29 is 0 Å². The van der Waals surface area contributed by atoms with E-state index in [4.69, 9.17) is 5.73 Å². The van der Waals surface area contributed by atoms with Crippen molar-refractivity contribution in [2.45, 2.75) is 26.4 Å². The third kappa shape index (κ3) is 2.94. The number of nitrogens with two attached hydrogens (primary N) is 1. The van der Waals surface area contributed by atoms with Gasteiger partial charge in [-0.3, -0.25) is 4.98 Å². The van der Waals surface area contributed by atoms with Crippen molar-refractivity contribution >= 4 is 0 Å². The lowest BCUT2D eigenvalue weighted by molar-refractivity contribution is 0.513. The van der Waals surface area contributed by atoms with Crippen LogP contribution in [0.5, 0.6) is 0 Å². The average molecular weight is 229 g/mol. The van der Waals surface area contributed by atoms with Gasteiger partial charge in [0.1, 0.15) is 0 Å². The molecule has 3 nitrogen and oxygen atoms in total. The zero-order valence-electron chi connectivity index (χ0n) is 10.4. The summed E-state index contributed by atoms with van der Waals surface area (Å²) in [6, 6.07) is 8.17. The quantitative estimate of drug-likeness (QED) is 0.875. The van der Waals surface area contributed by atoms with Crippen molar-refractivity contribution in [2.24, 2.45) is 11.7 Å². The van der Waals surface area contributed by atoms with Crippen LogP contribution in [0.2, 0.25) is 0 Å². The summed E-state index contributed by atoms with van der Waals surface area (Å²) < 4.78 is 2.12. The van der Waals surface area contributed by atoms with Crippen LogP contribution >= 0.6 is 0 Å². The van der Waals surface area contributed by atoms with E-state index < -0.39 is 0 Å². The number of nitrogens with zero attached hydrogens (tertiary/aromatic N) is 2. The molecule has 2 aromatic heterocycles. The van der Waals surface area contributed by atoms with Gasteiger partial charge in [0.2, 0.25) is 0 Å². The predicted octanol–water partition coefficient (Wildman–Crippen LogP) is 2.59. The number of hydrogen-bond acceptors (Lipinski definition) is 2. The largest absolute Gasteiger partial charge is 0.348 e. The third-order valence-electron chi connectivity index (χ3n) is 2.95. The molecule has 0 aromatic carbocycles. The van der Waals surface area contributed by atoms with Crippen LogP contribution < -0.4 is 5.73 Å². The van der Waals surface area contributed by atoms with Crippen LogP contribution in [0.15, 0.2) is 42.9 Å². The monoisotopic (exact) mass is 229 g/mol. The van der Waals surface area contributed by atoms with Crippen LogP contribution in [0.3, 0.4) is 0 Å². The van der Waals surface area contributed by atoms with Gasteiger partial charge in [0.05, 0.1) is 12.2 Å². The molecule has 17 heavy (non-hydrogen) atoms. The third-order valence-corrected chi connectivity index (χ3v) is 2.95. The molecular weight excluding hydrogens is 210 g/mol. The smallest absolute Gasteiger partial charge is 0.0642 e. The van der Waals surface area contributed by atoms with Gasteiger partial charge < -0.3 is 10.3 Å². The Morgan fingerprint density at radius 3 is 2.76 bits per heavy atom. The van der Waals surface area contributed by atoms with Crippen LogP contribution in [-0.4, -0.2) is 9.55 Å². The van der Waals surface area contributed by atoms with Crippen molar-refractivity contribution in [2.75, 3.05) is 0 Å². The second-order valence-electron chi connectivity index (χ2n) is 4.71. The zero-order chi connectivity index (χ0) is 12.3. The van der Waals surface area contributed by atoms with Gasteiger partial charge in [0.15, 0.2) is 0 Å². The summed E-state index contributed by atoms with van der Waals surface area (Å²) >= 11 is 0. The van der Waals surface area contributed by atoms with Crippen LogP contribution in [0.25, 0.3) is 0 Å². The first kappa shape index (κ1) is 11.9. The van der Waals surface area contributed by atoms with E-state index in [2.05, 4.69) is 41.9 Å². The summed E-state index contributed by atoms with van der Waals surface area (Å²) in [5, 5.41) is 0. The molecule has 2 N–H and O–H groups in total. The number of aromatic nitrogens is 2.